The molecule has 120 valence electrons. The van der Waals surface area contributed by atoms with Gasteiger partial charge in [0.05, 0.1) is 19.0 Å². The van der Waals surface area contributed by atoms with Crippen molar-refractivity contribution in [2.75, 3.05) is 52.3 Å². The highest BCUT2D eigenvalue weighted by Gasteiger charge is 2.14. The molecule has 1 aromatic heterocycles. The fourth-order valence-electron chi connectivity index (χ4n) is 1.52. The maximum absolute atomic E-state index is 12.0. The summed E-state index contributed by atoms with van der Waals surface area (Å²) in [6.07, 6.45) is 2.59. The third-order valence-electron chi connectivity index (χ3n) is 2.74. The maximum Gasteiger partial charge on any atom is 0.243 e. The molecule has 9 heteroatoms. The van der Waals surface area contributed by atoms with Gasteiger partial charge in [0.2, 0.25) is 16.0 Å². The maximum atomic E-state index is 12.0. The van der Waals surface area contributed by atoms with Crippen LogP contribution >= 0.6 is 0 Å². The van der Waals surface area contributed by atoms with Crippen molar-refractivity contribution in [1.29, 1.82) is 0 Å². The number of aromatic nitrogens is 2. The van der Waals surface area contributed by atoms with E-state index in [0.717, 1.165) is 6.54 Å². The van der Waals surface area contributed by atoms with E-state index in [4.69, 9.17) is 4.74 Å². The van der Waals surface area contributed by atoms with Gasteiger partial charge in [-0.3, -0.25) is 0 Å². The normalized spacial score (nSPS) is 11.8. The third kappa shape index (κ3) is 6.34. The van der Waals surface area contributed by atoms with Gasteiger partial charge >= 0.3 is 0 Å². The Morgan fingerprint density at radius 3 is 2.52 bits per heavy atom. The predicted octanol–water partition coefficient (Wildman–Crippen LogP) is -0.235. The van der Waals surface area contributed by atoms with Gasteiger partial charge < -0.3 is 15.0 Å². The first-order valence-electron chi connectivity index (χ1n) is 6.72. The van der Waals surface area contributed by atoms with Crippen LogP contribution in [0.5, 0.6) is 0 Å². The molecule has 0 unspecified atom stereocenters. The summed E-state index contributed by atoms with van der Waals surface area (Å²) in [7, 11) is -0.0319. The predicted molar refractivity (Wildman–Crippen MR) is 80.8 cm³/mol. The van der Waals surface area contributed by atoms with Crippen molar-refractivity contribution < 1.29 is 13.2 Å². The van der Waals surface area contributed by atoms with Gasteiger partial charge in [-0.05, 0) is 14.0 Å². The van der Waals surface area contributed by atoms with Crippen molar-refractivity contribution in [1.82, 2.24) is 19.6 Å². The highest BCUT2D eigenvalue weighted by atomic mass is 32.2. The highest BCUT2D eigenvalue weighted by molar-refractivity contribution is 7.89. The van der Waals surface area contributed by atoms with Crippen LogP contribution in [-0.2, 0) is 14.8 Å². The van der Waals surface area contributed by atoms with Crippen molar-refractivity contribution in [3.05, 3.63) is 12.4 Å². The number of sulfonamides is 1. The summed E-state index contributed by atoms with van der Waals surface area (Å²) >= 11 is 0. The van der Waals surface area contributed by atoms with Gasteiger partial charge in [-0.2, -0.15) is 0 Å². The Balaban J connectivity index is 2.49. The van der Waals surface area contributed by atoms with E-state index in [0.29, 0.717) is 32.2 Å². The van der Waals surface area contributed by atoms with Crippen molar-refractivity contribution in [3.8, 4) is 0 Å². The number of hydrogen-bond donors (Lipinski definition) is 2. The molecule has 0 amide bonds. The molecule has 1 heterocycles. The summed E-state index contributed by atoms with van der Waals surface area (Å²) in [6.45, 7) is 4.87. The minimum atomic E-state index is -3.57. The molecule has 1 aromatic rings. The van der Waals surface area contributed by atoms with Gasteiger partial charge in [-0.25, -0.2) is 23.1 Å². The summed E-state index contributed by atoms with van der Waals surface area (Å²) in [5.41, 5.74) is 0. The minimum absolute atomic E-state index is 0.0590. The zero-order valence-electron chi connectivity index (χ0n) is 12.7. The van der Waals surface area contributed by atoms with Crippen LogP contribution in [0, 0.1) is 0 Å². The van der Waals surface area contributed by atoms with Crippen LogP contribution in [0.1, 0.15) is 6.92 Å². The summed E-state index contributed by atoms with van der Waals surface area (Å²) in [4.78, 5) is 9.94. The number of hydrogen-bond acceptors (Lipinski definition) is 7. The molecular formula is C12H23N5O3S. The fraction of sp³-hybridized carbons (Fsp3) is 0.667. The summed E-state index contributed by atoms with van der Waals surface area (Å²) < 4.78 is 31.6. The lowest BCUT2D eigenvalue weighted by Crippen LogP contribution is -2.34. The van der Waals surface area contributed by atoms with Crippen LogP contribution in [0.3, 0.4) is 0 Å². The van der Waals surface area contributed by atoms with Crippen molar-refractivity contribution in [3.63, 3.8) is 0 Å². The molecule has 0 fully saturated rings. The van der Waals surface area contributed by atoms with Gasteiger partial charge in [0.15, 0.2) is 0 Å². The molecule has 0 bridgehead atoms. The second-order valence-corrected chi connectivity index (χ2v) is 6.23. The average molecular weight is 317 g/mol. The highest BCUT2D eigenvalue weighted by Crippen LogP contribution is 2.06. The number of methoxy groups -OCH3 is 1. The first kappa shape index (κ1) is 17.8. The van der Waals surface area contributed by atoms with E-state index in [1.807, 2.05) is 18.9 Å². The second kappa shape index (κ2) is 8.88. The zero-order valence-corrected chi connectivity index (χ0v) is 13.5. The Labute approximate surface area is 126 Å². The molecule has 1 rings (SSSR count). The Morgan fingerprint density at radius 1 is 1.29 bits per heavy atom. The largest absolute Gasteiger partial charge is 0.383 e. The van der Waals surface area contributed by atoms with E-state index in [2.05, 4.69) is 20.0 Å². The summed E-state index contributed by atoms with van der Waals surface area (Å²) in [5.74, 6) is 0.413. The molecule has 0 spiro atoms. The average Bonchev–Trinajstić information content (AvgIpc) is 2.46. The Bertz CT molecular complexity index is 506. The van der Waals surface area contributed by atoms with Crippen LogP contribution in [0.2, 0.25) is 0 Å². The SMILES string of the molecule is CCNc1ncc(S(=O)(=O)NCCN(C)CCOC)cn1. The Kier molecular flexibility index (Phi) is 7.51. The van der Waals surface area contributed by atoms with E-state index < -0.39 is 10.0 Å². The molecule has 0 aliphatic carbocycles. The summed E-state index contributed by atoms with van der Waals surface area (Å²) in [5, 5.41) is 2.91. The van der Waals surface area contributed by atoms with Crippen LogP contribution in [-0.4, -0.2) is 70.2 Å². The third-order valence-corrected chi connectivity index (χ3v) is 4.15. The molecule has 0 aliphatic heterocycles. The molecule has 2 N–H and O–H groups in total. The lowest BCUT2D eigenvalue weighted by Gasteiger charge is -2.16. The van der Waals surface area contributed by atoms with Gasteiger partial charge in [0, 0.05) is 33.3 Å². The number of likely N-dealkylation sites (N-methyl/N-ethyl adjacent to an activating group) is 1. The molecule has 8 nitrogen and oxygen atoms in total. The van der Waals surface area contributed by atoms with E-state index in [1.54, 1.807) is 7.11 Å². The van der Waals surface area contributed by atoms with Crippen LogP contribution < -0.4 is 10.0 Å². The second-order valence-electron chi connectivity index (χ2n) is 4.47. The fourth-order valence-corrected chi connectivity index (χ4v) is 2.43. The molecule has 0 saturated heterocycles. The Hall–Kier alpha value is -1.29. The van der Waals surface area contributed by atoms with Crippen molar-refractivity contribution in [2.24, 2.45) is 0 Å². The molecular weight excluding hydrogens is 294 g/mol. The number of anilines is 1. The molecule has 0 aromatic carbocycles. The molecule has 0 saturated carbocycles. The van der Waals surface area contributed by atoms with Crippen LogP contribution in [0.4, 0.5) is 5.95 Å². The smallest absolute Gasteiger partial charge is 0.243 e. The van der Waals surface area contributed by atoms with E-state index >= 15 is 0 Å². The minimum Gasteiger partial charge on any atom is -0.383 e. The van der Waals surface area contributed by atoms with Crippen LogP contribution in [0.25, 0.3) is 0 Å². The van der Waals surface area contributed by atoms with E-state index in [1.165, 1.54) is 12.4 Å². The zero-order chi connectivity index (χ0) is 15.7. The molecule has 0 radical (unpaired) electrons. The van der Waals surface area contributed by atoms with E-state index in [9.17, 15) is 8.42 Å². The molecule has 21 heavy (non-hydrogen) atoms. The van der Waals surface area contributed by atoms with Crippen molar-refractivity contribution >= 4 is 16.0 Å². The number of nitrogens with one attached hydrogen (secondary N) is 2. The monoisotopic (exact) mass is 317 g/mol. The van der Waals surface area contributed by atoms with Crippen LogP contribution in [0.15, 0.2) is 17.3 Å². The number of ether oxygens (including phenoxy) is 1. The van der Waals surface area contributed by atoms with Gasteiger partial charge in [0.25, 0.3) is 0 Å². The summed E-state index contributed by atoms with van der Waals surface area (Å²) in [6, 6.07) is 0. The standard InChI is InChI=1S/C12H23N5O3S/c1-4-13-12-14-9-11(10-15-12)21(18,19)16-5-6-17(2)7-8-20-3/h9-10,16H,4-8H2,1-3H3,(H,13,14,15). The van der Waals surface area contributed by atoms with Gasteiger partial charge in [-0.15, -0.1) is 0 Å². The quantitative estimate of drug-likeness (QED) is 0.615. The molecule has 0 aliphatic rings. The first-order chi connectivity index (χ1) is 9.99. The lowest BCUT2D eigenvalue weighted by molar-refractivity contribution is 0.162. The Morgan fingerprint density at radius 2 is 1.95 bits per heavy atom. The van der Waals surface area contributed by atoms with Crippen molar-refractivity contribution in [2.45, 2.75) is 11.8 Å². The number of rotatable bonds is 10. The van der Waals surface area contributed by atoms with Gasteiger partial charge in [0.1, 0.15) is 4.90 Å². The molecule has 0 atom stereocenters. The lowest BCUT2D eigenvalue weighted by atomic mass is 10.5. The first-order valence-corrected chi connectivity index (χ1v) is 8.21. The topological polar surface area (TPSA) is 96.5 Å². The van der Waals surface area contributed by atoms with E-state index in [-0.39, 0.29) is 4.90 Å². The van der Waals surface area contributed by atoms with Gasteiger partial charge in [-0.1, -0.05) is 0 Å². The number of nitrogens with zero attached hydrogens (tertiary/aromatic N) is 3.